The topological polar surface area (TPSA) is 94.8 Å². The molecule has 1 N–H and O–H groups in total. The normalized spacial score (nSPS) is 14.4. The molecule has 34 heavy (non-hydrogen) atoms. The van der Waals surface area contributed by atoms with Crippen LogP contribution >= 0.6 is 11.8 Å². The average Bonchev–Trinajstić information content (AvgIpc) is 3.16. The third-order valence-electron chi connectivity index (χ3n) is 5.03. The van der Waals surface area contributed by atoms with Crippen LogP contribution in [0.4, 0.5) is 4.79 Å². The first-order valence-corrected chi connectivity index (χ1v) is 11.1. The predicted octanol–water partition coefficient (Wildman–Crippen LogP) is 5.20. The van der Waals surface area contributed by atoms with Gasteiger partial charge in [0.15, 0.2) is 5.43 Å². The molecular weight excluding hydrogens is 454 g/mol. The van der Waals surface area contributed by atoms with Gasteiger partial charge in [-0.25, -0.2) is 0 Å². The maximum absolute atomic E-state index is 12.5. The fourth-order valence-corrected chi connectivity index (χ4v) is 4.05. The van der Waals surface area contributed by atoms with Crippen LogP contribution in [0.5, 0.6) is 11.5 Å². The summed E-state index contributed by atoms with van der Waals surface area (Å²) in [6.07, 6.45) is 1.64. The van der Waals surface area contributed by atoms with Crippen LogP contribution in [0.25, 0.3) is 28.4 Å². The summed E-state index contributed by atoms with van der Waals surface area (Å²) in [4.78, 5) is 35.7. The number of carbonyl (C=O) groups excluding carboxylic acids is 2. The zero-order valence-corrected chi connectivity index (χ0v) is 18.5. The molecule has 1 fully saturated rings. The van der Waals surface area contributed by atoms with Crippen molar-refractivity contribution in [1.29, 1.82) is 0 Å². The number of ether oxygens (including phenoxy) is 2. The third kappa shape index (κ3) is 4.72. The van der Waals surface area contributed by atoms with Crippen molar-refractivity contribution in [2.45, 2.75) is 0 Å². The standard InChI is InChI=1S/C26H17NO6S/c28-21-14-22(17-4-2-1-3-5-17)33-23-13-19(10-11-20(21)23)32-15-31-18-8-6-16(7-9-18)12-24-25(29)27-26(30)34-24/h1-14H,15H2,(H,27,29,30)/b24-12+. The van der Waals surface area contributed by atoms with E-state index < -0.39 is 5.91 Å². The third-order valence-corrected chi connectivity index (χ3v) is 5.84. The van der Waals surface area contributed by atoms with E-state index in [1.54, 1.807) is 48.5 Å². The Hall–Kier alpha value is -4.30. The fourth-order valence-electron chi connectivity index (χ4n) is 3.37. The van der Waals surface area contributed by atoms with Crippen molar-refractivity contribution in [2.24, 2.45) is 0 Å². The van der Waals surface area contributed by atoms with E-state index in [2.05, 4.69) is 5.32 Å². The van der Waals surface area contributed by atoms with Gasteiger partial charge in [0.2, 0.25) is 6.79 Å². The minimum absolute atomic E-state index is 0.0543. The Morgan fingerprint density at radius 1 is 0.853 bits per heavy atom. The van der Waals surface area contributed by atoms with Gasteiger partial charge in [0.25, 0.3) is 11.1 Å². The lowest BCUT2D eigenvalue weighted by Gasteiger charge is -2.10. The van der Waals surface area contributed by atoms with Gasteiger partial charge in [-0.1, -0.05) is 42.5 Å². The Balaban J connectivity index is 1.25. The maximum atomic E-state index is 12.5. The predicted molar refractivity (Wildman–Crippen MR) is 130 cm³/mol. The van der Waals surface area contributed by atoms with Crippen LogP contribution in [0.3, 0.4) is 0 Å². The molecule has 0 bridgehead atoms. The summed E-state index contributed by atoms with van der Waals surface area (Å²) >= 11 is 0.868. The highest BCUT2D eigenvalue weighted by atomic mass is 32.2. The number of amides is 2. The number of carbonyl (C=O) groups is 2. The van der Waals surface area contributed by atoms with E-state index in [1.165, 1.54) is 6.07 Å². The second kappa shape index (κ2) is 9.29. The highest BCUT2D eigenvalue weighted by molar-refractivity contribution is 8.18. The van der Waals surface area contributed by atoms with Crippen LogP contribution in [0.1, 0.15) is 5.56 Å². The molecule has 0 radical (unpaired) electrons. The van der Waals surface area contributed by atoms with Gasteiger partial charge in [0, 0.05) is 17.7 Å². The summed E-state index contributed by atoms with van der Waals surface area (Å²) in [6.45, 7) is -0.0543. The van der Waals surface area contributed by atoms with Gasteiger partial charge >= 0.3 is 0 Å². The van der Waals surface area contributed by atoms with Crippen molar-refractivity contribution in [2.75, 3.05) is 6.79 Å². The summed E-state index contributed by atoms with van der Waals surface area (Å²) in [5.41, 5.74) is 1.87. The molecule has 0 saturated carbocycles. The average molecular weight is 471 g/mol. The van der Waals surface area contributed by atoms with Crippen molar-refractivity contribution in [3.05, 3.63) is 99.6 Å². The van der Waals surface area contributed by atoms with E-state index in [1.807, 2.05) is 30.3 Å². The minimum Gasteiger partial charge on any atom is -0.458 e. The molecule has 168 valence electrons. The lowest BCUT2D eigenvalue weighted by Crippen LogP contribution is -2.17. The number of hydrogen-bond donors (Lipinski definition) is 1. The fraction of sp³-hybridized carbons (Fsp3) is 0.0385. The molecule has 1 aliphatic rings. The van der Waals surface area contributed by atoms with Gasteiger partial charge in [0.05, 0.1) is 10.3 Å². The first-order valence-electron chi connectivity index (χ1n) is 10.3. The molecule has 0 atom stereocenters. The Bertz CT molecular complexity index is 1480. The zero-order chi connectivity index (χ0) is 23.5. The number of nitrogens with one attached hydrogen (secondary N) is 1. The second-order valence-electron chi connectivity index (χ2n) is 7.33. The van der Waals surface area contributed by atoms with E-state index in [4.69, 9.17) is 13.9 Å². The SMILES string of the molecule is O=C1NC(=O)/C(=C\c2ccc(OCOc3ccc4c(=O)cc(-c5ccccc5)oc4c3)cc2)S1. The first kappa shape index (κ1) is 21.5. The van der Waals surface area contributed by atoms with Gasteiger partial charge in [-0.2, -0.15) is 0 Å². The molecule has 1 aliphatic heterocycles. The van der Waals surface area contributed by atoms with Crippen LogP contribution in [-0.4, -0.2) is 17.9 Å². The Morgan fingerprint density at radius 2 is 1.59 bits per heavy atom. The van der Waals surface area contributed by atoms with Crippen LogP contribution in [0.15, 0.2) is 93.0 Å². The Kier molecular flexibility index (Phi) is 5.88. The largest absolute Gasteiger partial charge is 0.458 e. The number of fused-ring (bicyclic) bond motifs is 1. The molecule has 7 nitrogen and oxygen atoms in total. The van der Waals surface area contributed by atoms with Gasteiger partial charge in [-0.3, -0.25) is 19.7 Å². The van der Waals surface area contributed by atoms with Crippen molar-refractivity contribution >= 4 is 40.0 Å². The highest BCUT2D eigenvalue weighted by Crippen LogP contribution is 2.27. The summed E-state index contributed by atoms with van der Waals surface area (Å²) in [5.74, 6) is 1.15. The summed E-state index contributed by atoms with van der Waals surface area (Å²) in [7, 11) is 0. The lowest BCUT2D eigenvalue weighted by atomic mass is 10.1. The molecule has 2 amide bonds. The molecule has 0 aliphatic carbocycles. The van der Waals surface area contributed by atoms with Crippen LogP contribution in [0, 0.1) is 0 Å². The van der Waals surface area contributed by atoms with Crippen LogP contribution in [-0.2, 0) is 4.79 Å². The molecule has 4 aromatic rings. The van der Waals surface area contributed by atoms with Crippen molar-refractivity contribution in [1.82, 2.24) is 5.32 Å². The van der Waals surface area contributed by atoms with Gasteiger partial charge in [0.1, 0.15) is 22.8 Å². The monoisotopic (exact) mass is 471 g/mol. The molecular formula is C26H17NO6S. The quantitative estimate of drug-likeness (QED) is 0.305. The second-order valence-corrected chi connectivity index (χ2v) is 8.34. The van der Waals surface area contributed by atoms with Crippen LogP contribution < -0.4 is 20.2 Å². The molecule has 2 heterocycles. The van der Waals surface area contributed by atoms with Crippen molar-refractivity contribution in [3.8, 4) is 22.8 Å². The molecule has 0 unspecified atom stereocenters. The summed E-state index contributed by atoms with van der Waals surface area (Å²) in [5, 5.41) is 2.31. The molecule has 1 aromatic heterocycles. The zero-order valence-electron chi connectivity index (χ0n) is 17.6. The van der Waals surface area contributed by atoms with Crippen molar-refractivity contribution < 1.29 is 23.5 Å². The number of imide groups is 1. The summed E-state index contributed by atoms with van der Waals surface area (Å²) < 4.78 is 17.2. The van der Waals surface area contributed by atoms with Gasteiger partial charge < -0.3 is 13.9 Å². The first-order chi connectivity index (χ1) is 16.5. The minimum atomic E-state index is -0.397. The molecule has 8 heteroatoms. The molecule has 0 spiro atoms. The van der Waals surface area contributed by atoms with E-state index in [9.17, 15) is 14.4 Å². The van der Waals surface area contributed by atoms with E-state index >= 15 is 0 Å². The smallest absolute Gasteiger partial charge is 0.290 e. The van der Waals surface area contributed by atoms with E-state index in [0.29, 0.717) is 33.1 Å². The number of rotatable bonds is 6. The van der Waals surface area contributed by atoms with Crippen LogP contribution in [0.2, 0.25) is 0 Å². The van der Waals surface area contributed by atoms with E-state index in [0.717, 1.165) is 22.9 Å². The summed E-state index contributed by atoms with van der Waals surface area (Å²) in [6, 6.07) is 22.9. The lowest BCUT2D eigenvalue weighted by molar-refractivity contribution is -0.115. The number of hydrogen-bond acceptors (Lipinski definition) is 7. The molecule has 1 saturated heterocycles. The van der Waals surface area contributed by atoms with E-state index in [-0.39, 0.29) is 17.5 Å². The van der Waals surface area contributed by atoms with Gasteiger partial charge in [-0.15, -0.1) is 0 Å². The van der Waals surface area contributed by atoms with Gasteiger partial charge in [-0.05, 0) is 47.7 Å². The Morgan fingerprint density at radius 3 is 2.32 bits per heavy atom. The number of benzene rings is 3. The number of thioether (sulfide) groups is 1. The molecule has 5 rings (SSSR count). The Labute approximate surface area is 198 Å². The van der Waals surface area contributed by atoms with Crippen molar-refractivity contribution in [3.63, 3.8) is 0 Å². The maximum Gasteiger partial charge on any atom is 0.290 e. The highest BCUT2D eigenvalue weighted by Gasteiger charge is 2.24. The molecule has 3 aromatic carbocycles.